The van der Waals surface area contributed by atoms with Crippen molar-refractivity contribution in [2.45, 2.75) is 6.54 Å². The van der Waals surface area contributed by atoms with E-state index < -0.39 is 11.7 Å². The van der Waals surface area contributed by atoms with E-state index in [4.69, 9.17) is 39.5 Å². The van der Waals surface area contributed by atoms with E-state index in [1.54, 1.807) is 25.3 Å². The Hall–Kier alpha value is -1.62. The van der Waals surface area contributed by atoms with Crippen LogP contribution >= 0.6 is 34.8 Å². The number of ether oxygens (including phenoxy) is 1. The zero-order valence-corrected chi connectivity index (χ0v) is 13.8. The highest BCUT2D eigenvalue weighted by Gasteiger charge is 2.21. The van der Waals surface area contributed by atoms with Gasteiger partial charge < -0.3 is 15.2 Å². The van der Waals surface area contributed by atoms with E-state index in [0.29, 0.717) is 5.75 Å². The number of aromatic hydroxyl groups is 1. The number of rotatable bonds is 4. The summed E-state index contributed by atoms with van der Waals surface area (Å²) in [6.45, 7) is 0.232. The molecule has 116 valence electrons. The second-order valence-corrected chi connectivity index (χ2v) is 5.60. The predicted octanol–water partition coefficient (Wildman–Crippen LogP) is 4.29. The van der Waals surface area contributed by atoms with Gasteiger partial charge in [-0.2, -0.15) is 0 Å². The molecule has 0 unspecified atom stereocenters. The molecule has 0 heterocycles. The van der Waals surface area contributed by atoms with Crippen LogP contribution in [-0.4, -0.2) is 18.1 Å². The maximum atomic E-state index is 12.2. The van der Waals surface area contributed by atoms with Crippen LogP contribution in [0.3, 0.4) is 0 Å². The number of hydrogen-bond donors (Lipinski definition) is 2. The maximum Gasteiger partial charge on any atom is 0.256 e. The molecule has 0 radical (unpaired) electrons. The van der Waals surface area contributed by atoms with Crippen molar-refractivity contribution in [1.82, 2.24) is 5.32 Å². The smallest absolute Gasteiger partial charge is 0.256 e. The van der Waals surface area contributed by atoms with Crippen molar-refractivity contribution in [3.8, 4) is 11.5 Å². The molecule has 7 heteroatoms. The summed E-state index contributed by atoms with van der Waals surface area (Å²) in [5.41, 5.74) is 0.679. The average Bonchev–Trinajstić information content (AvgIpc) is 2.51. The average molecular weight is 361 g/mol. The molecule has 0 spiro atoms. The fraction of sp³-hybridized carbons (Fsp3) is 0.133. The van der Waals surface area contributed by atoms with Gasteiger partial charge in [0.1, 0.15) is 17.1 Å². The number of nitrogens with one attached hydrogen (secondary N) is 1. The molecule has 0 fully saturated rings. The van der Waals surface area contributed by atoms with Crippen LogP contribution in [0, 0.1) is 0 Å². The number of phenols is 1. The number of amides is 1. The largest absolute Gasteiger partial charge is 0.505 e. The molecule has 2 aromatic carbocycles. The van der Waals surface area contributed by atoms with E-state index in [0.717, 1.165) is 5.56 Å². The van der Waals surface area contributed by atoms with Crippen molar-refractivity contribution in [2.24, 2.45) is 0 Å². The number of methoxy groups -OCH3 is 1. The van der Waals surface area contributed by atoms with E-state index in [2.05, 4.69) is 5.32 Å². The Bertz CT molecular complexity index is 693. The number of halogens is 3. The SMILES string of the molecule is COc1cccc(CNC(=O)c2c(O)c(Cl)cc(Cl)c2Cl)c1. The molecule has 0 aliphatic heterocycles. The van der Waals surface area contributed by atoms with E-state index in [1.165, 1.54) is 6.07 Å². The lowest BCUT2D eigenvalue weighted by atomic mass is 10.1. The quantitative estimate of drug-likeness (QED) is 0.800. The zero-order chi connectivity index (χ0) is 16.3. The monoisotopic (exact) mass is 359 g/mol. The van der Waals surface area contributed by atoms with Gasteiger partial charge in [-0.15, -0.1) is 0 Å². The summed E-state index contributed by atoms with van der Waals surface area (Å²) in [5, 5.41) is 12.5. The molecule has 0 aliphatic rings. The molecule has 2 N–H and O–H groups in total. The Kier molecular flexibility index (Phi) is 5.40. The lowest BCUT2D eigenvalue weighted by Gasteiger charge is -2.11. The molecule has 2 rings (SSSR count). The van der Waals surface area contributed by atoms with Crippen molar-refractivity contribution >= 4 is 40.7 Å². The van der Waals surface area contributed by atoms with E-state index in [-0.39, 0.29) is 27.2 Å². The number of carbonyl (C=O) groups is 1. The second-order valence-electron chi connectivity index (χ2n) is 4.41. The van der Waals surface area contributed by atoms with Crippen LogP contribution in [0.15, 0.2) is 30.3 Å². The van der Waals surface area contributed by atoms with Crippen molar-refractivity contribution < 1.29 is 14.6 Å². The number of carbonyl (C=O) groups excluding carboxylic acids is 1. The number of phenolic OH excluding ortho intramolecular Hbond substituents is 1. The van der Waals surface area contributed by atoms with Gasteiger partial charge in [-0.3, -0.25) is 4.79 Å². The van der Waals surface area contributed by atoms with Gasteiger partial charge in [-0.25, -0.2) is 0 Å². The summed E-state index contributed by atoms with van der Waals surface area (Å²) in [7, 11) is 1.56. The van der Waals surface area contributed by atoms with Gasteiger partial charge in [0.2, 0.25) is 0 Å². The van der Waals surface area contributed by atoms with Crippen LogP contribution in [-0.2, 0) is 6.54 Å². The highest BCUT2D eigenvalue weighted by Crippen LogP contribution is 2.38. The van der Waals surface area contributed by atoms with Gasteiger partial charge >= 0.3 is 0 Å². The van der Waals surface area contributed by atoms with Crippen molar-refractivity contribution in [1.29, 1.82) is 0 Å². The molecule has 0 aliphatic carbocycles. The minimum absolute atomic E-state index is 0.0408. The molecule has 4 nitrogen and oxygen atoms in total. The normalized spacial score (nSPS) is 10.4. The van der Waals surface area contributed by atoms with Crippen molar-refractivity contribution in [2.75, 3.05) is 7.11 Å². The van der Waals surface area contributed by atoms with Crippen molar-refractivity contribution in [3.05, 3.63) is 56.5 Å². The van der Waals surface area contributed by atoms with Gasteiger partial charge in [0.15, 0.2) is 0 Å². The second kappa shape index (κ2) is 7.09. The van der Waals surface area contributed by atoms with Crippen LogP contribution < -0.4 is 10.1 Å². The number of benzene rings is 2. The third-order valence-corrected chi connectivity index (χ3v) is 4.04. The molecule has 0 atom stereocenters. The van der Waals surface area contributed by atoms with Crippen LogP contribution in [0.2, 0.25) is 15.1 Å². The minimum atomic E-state index is -0.574. The van der Waals surface area contributed by atoms with Gasteiger partial charge in [0.25, 0.3) is 5.91 Å². The standard InChI is InChI=1S/C15H12Cl3NO3/c1-22-9-4-2-3-8(5-9)7-19-15(21)12-13(18)10(16)6-11(17)14(12)20/h2-6,20H,7H2,1H3,(H,19,21). The minimum Gasteiger partial charge on any atom is -0.505 e. The Balaban J connectivity index is 2.19. The van der Waals surface area contributed by atoms with E-state index in [9.17, 15) is 9.90 Å². The van der Waals surface area contributed by atoms with Crippen LogP contribution in [0.1, 0.15) is 15.9 Å². The number of hydrogen-bond acceptors (Lipinski definition) is 3. The zero-order valence-electron chi connectivity index (χ0n) is 11.5. The molecule has 0 aromatic heterocycles. The molecule has 2 aromatic rings. The first kappa shape index (κ1) is 16.7. The van der Waals surface area contributed by atoms with E-state index in [1.807, 2.05) is 6.07 Å². The summed E-state index contributed by atoms with van der Waals surface area (Å²) in [6.07, 6.45) is 0. The Morgan fingerprint density at radius 3 is 2.64 bits per heavy atom. The van der Waals surface area contributed by atoms with Gasteiger partial charge in [-0.05, 0) is 23.8 Å². The topological polar surface area (TPSA) is 58.6 Å². The first-order valence-corrected chi connectivity index (χ1v) is 7.35. The molecule has 0 saturated heterocycles. The highest BCUT2D eigenvalue weighted by atomic mass is 35.5. The first-order chi connectivity index (χ1) is 10.4. The van der Waals surface area contributed by atoms with Crippen LogP contribution in [0.5, 0.6) is 11.5 Å². The fourth-order valence-corrected chi connectivity index (χ4v) is 2.54. The predicted molar refractivity (Wildman–Crippen MR) is 87.3 cm³/mol. The fourth-order valence-electron chi connectivity index (χ4n) is 1.85. The Morgan fingerprint density at radius 2 is 1.95 bits per heavy atom. The maximum absolute atomic E-state index is 12.2. The molecule has 1 amide bonds. The lowest BCUT2D eigenvalue weighted by molar-refractivity contribution is 0.0948. The van der Waals surface area contributed by atoms with Gasteiger partial charge in [0.05, 0.1) is 22.2 Å². The summed E-state index contributed by atoms with van der Waals surface area (Å²) in [4.78, 5) is 12.2. The molecular formula is C15H12Cl3NO3. The summed E-state index contributed by atoms with van der Waals surface area (Å²) in [6, 6.07) is 8.49. The summed E-state index contributed by atoms with van der Waals surface area (Å²) >= 11 is 17.6. The van der Waals surface area contributed by atoms with Crippen LogP contribution in [0.25, 0.3) is 0 Å². The lowest BCUT2D eigenvalue weighted by Crippen LogP contribution is -2.23. The third kappa shape index (κ3) is 3.58. The summed E-state index contributed by atoms with van der Waals surface area (Å²) < 4.78 is 5.11. The molecule has 0 saturated carbocycles. The van der Waals surface area contributed by atoms with Gasteiger partial charge in [-0.1, -0.05) is 46.9 Å². The third-order valence-electron chi connectivity index (χ3n) is 2.96. The first-order valence-electron chi connectivity index (χ1n) is 6.21. The van der Waals surface area contributed by atoms with E-state index >= 15 is 0 Å². The van der Waals surface area contributed by atoms with Gasteiger partial charge in [0, 0.05) is 6.54 Å². The van der Waals surface area contributed by atoms with Crippen molar-refractivity contribution in [3.63, 3.8) is 0 Å². The Morgan fingerprint density at radius 1 is 1.23 bits per heavy atom. The Labute approximate surface area is 142 Å². The molecule has 0 bridgehead atoms. The molecule has 22 heavy (non-hydrogen) atoms. The molecular weight excluding hydrogens is 349 g/mol. The van der Waals surface area contributed by atoms with Crippen LogP contribution in [0.4, 0.5) is 0 Å². The highest BCUT2D eigenvalue weighted by molar-refractivity contribution is 6.45. The summed E-state index contributed by atoms with van der Waals surface area (Å²) in [5.74, 6) is -0.299.